The van der Waals surface area contributed by atoms with Crippen LogP contribution < -0.4 is 5.11 Å². The lowest BCUT2D eigenvalue weighted by Gasteiger charge is -2.09. The first-order valence-electron chi connectivity index (χ1n) is 3.57. The normalized spacial score (nSPS) is 12.8. The fourth-order valence-electron chi connectivity index (χ4n) is 0.894. The van der Waals surface area contributed by atoms with Crippen molar-refractivity contribution >= 4 is 18.2 Å². The van der Waals surface area contributed by atoms with E-state index in [-0.39, 0.29) is 0 Å². The van der Waals surface area contributed by atoms with Gasteiger partial charge in [-0.2, -0.15) is 0 Å². The number of imidazole rings is 1. The van der Waals surface area contributed by atoms with Crippen molar-refractivity contribution in [3.05, 3.63) is 16.7 Å². The van der Waals surface area contributed by atoms with Crippen LogP contribution in [-0.4, -0.2) is 15.9 Å². The second kappa shape index (κ2) is 3.53. The summed E-state index contributed by atoms with van der Waals surface area (Å²) in [5.41, 5.74) is 0.789. The fraction of sp³-hybridized carbons (Fsp3) is 0.429. The molecule has 1 heterocycles. The molecule has 0 saturated heterocycles. The average molecular weight is 185 g/mol. The SMILES string of the molecule is C[C@@H](Cc1c[nH]c(=S)[nH]1)C(=O)[O-]. The van der Waals surface area contributed by atoms with Crippen LogP contribution in [0.1, 0.15) is 12.6 Å². The summed E-state index contributed by atoms with van der Waals surface area (Å²) < 4.78 is 0.510. The maximum absolute atomic E-state index is 10.3. The number of aromatic nitrogens is 2. The molecular weight excluding hydrogens is 176 g/mol. The highest BCUT2D eigenvalue weighted by Crippen LogP contribution is 2.03. The molecule has 12 heavy (non-hydrogen) atoms. The zero-order valence-corrected chi connectivity index (χ0v) is 7.40. The van der Waals surface area contributed by atoms with Gasteiger partial charge in [-0.15, -0.1) is 0 Å². The van der Waals surface area contributed by atoms with Crippen LogP contribution in [0.2, 0.25) is 0 Å². The zero-order chi connectivity index (χ0) is 9.14. The molecule has 1 aromatic heterocycles. The lowest BCUT2D eigenvalue weighted by Crippen LogP contribution is -2.30. The lowest BCUT2D eigenvalue weighted by atomic mass is 10.1. The van der Waals surface area contributed by atoms with Crippen LogP contribution in [0, 0.1) is 10.7 Å². The molecule has 1 atom stereocenters. The minimum atomic E-state index is -1.05. The number of carboxylic acid groups (broad SMARTS) is 1. The van der Waals surface area contributed by atoms with E-state index < -0.39 is 11.9 Å². The third-order valence-electron chi connectivity index (χ3n) is 1.58. The van der Waals surface area contributed by atoms with Gasteiger partial charge in [-0.3, -0.25) is 0 Å². The third-order valence-corrected chi connectivity index (χ3v) is 1.80. The average Bonchev–Trinajstić information content (AvgIpc) is 2.35. The Balaban J connectivity index is 2.64. The molecule has 0 saturated carbocycles. The van der Waals surface area contributed by atoms with Gasteiger partial charge in [-0.25, -0.2) is 0 Å². The van der Waals surface area contributed by atoms with Crippen LogP contribution in [0.3, 0.4) is 0 Å². The van der Waals surface area contributed by atoms with Crippen molar-refractivity contribution in [1.82, 2.24) is 9.97 Å². The predicted molar refractivity (Wildman–Crippen MR) is 43.9 cm³/mol. The summed E-state index contributed by atoms with van der Waals surface area (Å²) in [6, 6.07) is 0. The third kappa shape index (κ3) is 2.20. The van der Waals surface area contributed by atoms with Gasteiger partial charge in [0.2, 0.25) is 0 Å². The van der Waals surface area contributed by atoms with Gasteiger partial charge in [0.15, 0.2) is 4.77 Å². The molecule has 0 aromatic carbocycles. The van der Waals surface area contributed by atoms with Crippen LogP contribution in [0.5, 0.6) is 0 Å². The first-order valence-corrected chi connectivity index (χ1v) is 3.98. The topological polar surface area (TPSA) is 71.7 Å². The number of aromatic amines is 2. The number of rotatable bonds is 3. The zero-order valence-electron chi connectivity index (χ0n) is 6.59. The largest absolute Gasteiger partial charge is 0.550 e. The van der Waals surface area contributed by atoms with Crippen molar-refractivity contribution in [3.8, 4) is 0 Å². The first kappa shape index (κ1) is 8.99. The number of nitrogens with one attached hydrogen (secondary N) is 2. The van der Waals surface area contributed by atoms with E-state index in [1.54, 1.807) is 13.1 Å². The molecule has 0 unspecified atom stereocenters. The maximum atomic E-state index is 10.3. The van der Waals surface area contributed by atoms with Gasteiger partial charge >= 0.3 is 0 Å². The van der Waals surface area contributed by atoms with Gasteiger partial charge in [-0.05, 0) is 18.6 Å². The Morgan fingerprint density at radius 2 is 2.50 bits per heavy atom. The minimum Gasteiger partial charge on any atom is -0.550 e. The smallest absolute Gasteiger partial charge is 0.174 e. The first-order chi connectivity index (χ1) is 5.59. The van der Waals surface area contributed by atoms with Crippen LogP contribution >= 0.6 is 12.2 Å². The number of carbonyl (C=O) groups is 1. The quantitative estimate of drug-likeness (QED) is 0.651. The molecular formula is C7H9N2O2S-. The van der Waals surface area contributed by atoms with E-state index in [2.05, 4.69) is 9.97 Å². The molecule has 0 aliphatic rings. The van der Waals surface area contributed by atoms with Crippen LogP contribution in [-0.2, 0) is 11.2 Å². The highest BCUT2D eigenvalue weighted by Gasteiger charge is 2.04. The van der Waals surface area contributed by atoms with E-state index >= 15 is 0 Å². The van der Waals surface area contributed by atoms with E-state index in [9.17, 15) is 9.90 Å². The molecule has 66 valence electrons. The molecule has 5 heteroatoms. The number of carbonyl (C=O) groups excluding carboxylic acids is 1. The number of hydrogen-bond donors (Lipinski definition) is 2. The molecule has 0 fully saturated rings. The van der Waals surface area contributed by atoms with Gasteiger partial charge in [0.1, 0.15) is 0 Å². The molecule has 0 bridgehead atoms. The van der Waals surface area contributed by atoms with Crippen LogP contribution in [0.15, 0.2) is 6.20 Å². The number of carboxylic acids is 1. The van der Waals surface area contributed by atoms with E-state index in [1.165, 1.54) is 0 Å². The Morgan fingerprint density at radius 1 is 1.83 bits per heavy atom. The Bertz CT molecular complexity index is 328. The monoisotopic (exact) mass is 185 g/mol. The molecule has 4 nitrogen and oxygen atoms in total. The van der Waals surface area contributed by atoms with Gasteiger partial charge in [0.25, 0.3) is 0 Å². The van der Waals surface area contributed by atoms with Crippen molar-refractivity contribution < 1.29 is 9.90 Å². The summed E-state index contributed by atoms with van der Waals surface area (Å²) in [5, 5.41) is 10.3. The standard InChI is InChI=1S/C7H10N2O2S/c1-4(6(10)11)2-5-3-8-7(12)9-5/h3-4H,2H2,1H3,(H,10,11)(H2,8,9,12)/p-1/t4-/m0/s1. The highest BCUT2D eigenvalue weighted by molar-refractivity contribution is 7.71. The summed E-state index contributed by atoms with van der Waals surface area (Å²) in [7, 11) is 0. The number of aliphatic carboxylic acids is 1. The van der Waals surface area contributed by atoms with Crippen molar-refractivity contribution in [1.29, 1.82) is 0 Å². The van der Waals surface area contributed by atoms with Gasteiger partial charge in [0, 0.05) is 23.8 Å². The highest BCUT2D eigenvalue weighted by atomic mass is 32.1. The fourth-order valence-corrected chi connectivity index (χ4v) is 1.08. The molecule has 2 N–H and O–H groups in total. The summed E-state index contributed by atoms with van der Waals surface area (Å²) in [5.74, 6) is -1.54. The Labute approximate surface area is 74.6 Å². The summed E-state index contributed by atoms with van der Waals surface area (Å²) in [4.78, 5) is 15.9. The Kier molecular flexibility index (Phi) is 2.65. The second-order valence-electron chi connectivity index (χ2n) is 2.69. The van der Waals surface area contributed by atoms with Crippen molar-refractivity contribution in [3.63, 3.8) is 0 Å². The molecule has 0 aliphatic heterocycles. The molecule has 1 rings (SSSR count). The number of H-pyrrole nitrogens is 2. The summed E-state index contributed by atoms with van der Waals surface area (Å²) >= 11 is 4.78. The minimum absolute atomic E-state index is 0.412. The van der Waals surface area contributed by atoms with E-state index in [0.29, 0.717) is 11.2 Å². The van der Waals surface area contributed by atoms with Crippen molar-refractivity contribution in [2.75, 3.05) is 0 Å². The number of hydrogen-bond acceptors (Lipinski definition) is 3. The molecule has 0 aliphatic carbocycles. The molecule has 0 radical (unpaired) electrons. The molecule has 1 aromatic rings. The van der Waals surface area contributed by atoms with Crippen LogP contribution in [0.25, 0.3) is 0 Å². The maximum Gasteiger partial charge on any atom is 0.174 e. The Morgan fingerprint density at radius 3 is 2.92 bits per heavy atom. The predicted octanol–water partition coefficient (Wildman–Crippen LogP) is 0.000790. The summed E-state index contributed by atoms with van der Waals surface area (Å²) in [6.45, 7) is 1.60. The molecule has 0 amide bonds. The van der Waals surface area contributed by atoms with Crippen molar-refractivity contribution in [2.45, 2.75) is 13.3 Å². The summed E-state index contributed by atoms with van der Waals surface area (Å²) in [6.07, 6.45) is 2.08. The second-order valence-corrected chi connectivity index (χ2v) is 3.10. The van der Waals surface area contributed by atoms with E-state index in [0.717, 1.165) is 5.69 Å². The van der Waals surface area contributed by atoms with Gasteiger partial charge < -0.3 is 19.9 Å². The Hall–Kier alpha value is -1.10. The van der Waals surface area contributed by atoms with Gasteiger partial charge in [-0.1, -0.05) is 6.92 Å². The van der Waals surface area contributed by atoms with E-state index in [1.807, 2.05) is 0 Å². The van der Waals surface area contributed by atoms with E-state index in [4.69, 9.17) is 12.2 Å². The van der Waals surface area contributed by atoms with Crippen LogP contribution in [0.4, 0.5) is 0 Å². The lowest BCUT2D eigenvalue weighted by molar-refractivity contribution is -0.310. The van der Waals surface area contributed by atoms with Crippen molar-refractivity contribution in [2.24, 2.45) is 5.92 Å². The molecule has 0 spiro atoms. The van der Waals surface area contributed by atoms with Gasteiger partial charge in [0.05, 0.1) is 0 Å².